The molecule has 12 heavy (non-hydrogen) atoms. The molecule has 0 aliphatic heterocycles. The van der Waals surface area contributed by atoms with Crippen molar-refractivity contribution in [2.45, 2.75) is 6.92 Å². The van der Waals surface area contributed by atoms with Crippen LogP contribution in [0.5, 0.6) is 0 Å². The highest BCUT2D eigenvalue weighted by Crippen LogP contribution is 2.00. The van der Waals surface area contributed by atoms with Crippen LogP contribution in [0, 0.1) is 0 Å². The predicted molar refractivity (Wildman–Crippen MR) is 54.2 cm³/mol. The van der Waals surface area contributed by atoms with E-state index >= 15 is 0 Å². The fourth-order valence-electron chi connectivity index (χ4n) is 0.595. The summed E-state index contributed by atoms with van der Waals surface area (Å²) in [4.78, 5) is 0. The van der Waals surface area contributed by atoms with E-state index in [1.807, 2.05) is 18.4 Å². The van der Waals surface area contributed by atoms with E-state index in [1.54, 1.807) is 0 Å². The van der Waals surface area contributed by atoms with Gasteiger partial charge in [0.1, 0.15) is 0 Å². The average Bonchev–Trinajstić information content (AvgIpc) is 2.51. The van der Waals surface area contributed by atoms with Gasteiger partial charge in [-0.3, -0.25) is 5.43 Å². The van der Waals surface area contributed by atoms with Crippen LogP contribution in [0.25, 0.3) is 0 Å². The third kappa shape index (κ3) is 2.55. The number of nitrogens with one attached hydrogen (secondary N) is 1. The minimum Gasteiger partial charge on any atom is -0.375 e. The van der Waals surface area contributed by atoms with E-state index in [9.17, 15) is 0 Å². The van der Waals surface area contributed by atoms with Crippen LogP contribution < -0.4 is 11.2 Å². The second-order valence-electron chi connectivity index (χ2n) is 2.06. The first kappa shape index (κ1) is 9.08. The Labute approximate surface area is 79.6 Å². The molecule has 1 heterocycles. The molecule has 0 spiro atoms. The Balaban J connectivity index is 2.65. The van der Waals surface area contributed by atoms with Gasteiger partial charge in [0.15, 0.2) is 5.11 Å². The second-order valence-corrected chi connectivity index (χ2v) is 3.16. The lowest BCUT2D eigenvalue weighted by atomic mass is 10.3. The van der Waals surface area contributed by atoms with Gasteiger partial charge in [-0.05, 0) is 36.7 Å². The molecule has 0 atom stereocenters. The molecule has 0 bridgehead atoms. The minimum absolute atomic E-state index is 0.157. The first-order valence-corrected chi connectivity index (χ1v) is 4.45. The third-order valence-corrected chi connectivity index (χ3v) is 1.79. The van der Waals surface area contributed by atoms with Crippen molar-refractivity contribution in [1.82, 2.24) is 9.80 Å². The second kappa shape index (κ2) is 4.13. The highest BCUT2D eigenvalue weighted by Gasteiger charge is 1.97. The fourth-order valence-corrected chi connectivity index (χ4v) is 1.20. The molecule has 1 rings (SSSR count). The molecule has 0 fully saturated rings. The highest BCUT2D eigenvalue weighted by atomic mass is 32.1. The predicted octanol–water partition coefficient (Wildman–Crippen LogP) is 0.700. The molecule has 3 N–H and O–H groups in total. The van der Waals surface area contributed by atoms with Crippen molar-refractivity contribution in [3.8, 4) is 0 Å². The summed E-state index contributed by atoms with van der Waals surface area (Å²) in [5, 5.41) is 5.95. The maximum Gasteiger partial charge on any atom is 0.184 e. The van der Waals surface area contributed by atoms with Gasteiger partial charge in [-0.15, -0.1) is 0 Å². The van der Waals surface area contributed by atoms with Crippen molar-refractivity contribution < 1.29 is 0 Å². The molecular weight excluding hydrogens is 192 g/mol. The fraction of sp³-hybridized carbons (Fsp3) is 0.167. The van der Waals surface area contributed by atoms with Gasteiger partial charge in [-0.2, -0.15) is 9.47 Å². The number of nitrogens with two attached hydrogens (primary N) is 1. The molecule has 1 aromatic heterocycles. The molecular formula is C6H8N4S2. The van der Waals surface area contributed by atoms with Gasteiger partial charge >= 0.3 is 0 Å². The smallest absolute Gasteiger partial charge is 0.184 e. The van der Waals surface area contributed by atoms with Crippen molar-refractivity contribution in [2.75, 3.05) is 0 Å². The summed E-state index contributed by atoms with van der Waals surface area (Å²) in [6.07, 6.45) is 0. The molecule has 0 aliphatic carbocycles. The number of rotatable bonds is 2. The normalized spacial score (nSPS) is 11.2. The quantitative estimate of drug-likeness (QED) is 0.419. The van der Waals surface area contributed by atoms with E-state index in [2.05, 4.69) is 27.1 Å². The Bertz CT molecular complexity index is 291. The Morgan fingerprint density at radius 3 is 3.08 bits per heavy atom. The number of thiocarbonyl (C=S) groups is 1. The van der Waals surface area contributed by atoms with Crippen LogP contribution in [0.15, 0.2) is 16.5 Å². The van der Waals surface area contributed by atoms with E-state index in [0.29, 0.717) is 0 Å². The summed E-state index contributed by atoms with van der Waals surface area (Å²) in [6.45, 7) is 1.83. The number of hydrazone groups is 1. The Hall–Kier alpha value is -1.01. The summed E-state index contributed by atoms with van der Waals surface area (Å²) < 4.78 is 4.08. The van der Waals surface area contributed by atoms with Gasteiger partial charge in [0.05, 0.1) is 11.4 Å². The molecule has 0 aromatic carbocycles. The van der Waals surface area contributed by atoms with Crippen LogP contribution in [-0.2, 0) is 0 Å². The van der Waals surface area contributed by atoms with Gasteiger partial charge in [0, 0.05) is 5.38 Å². The average molecular weight is 200 g/mol. The van der Waals surface area contributed by atoms with Crippen molar-refractivity contribution in [3.63, 3.8) is 0 Å². The monoisotopic (exact) mass is 200 g/mol. The molecule has 0 amide bonds. The third-order valence-electron chi connectivity index (χ3n) is 1.14. The lowest BCUT2D eigenvalue weighted by molar-refractivity contribution is 1.03. The Morgan fingerprint density at radius 2 is 2.58 bits per heavy atom. The molecule has 0 saturated heterocycles. The Morgan fingerprint density at radius 1 is 1.83 bits per heavy atom. The van der Waals surface area contributed by atoms with Crippen molar-refractivity contribution >= 4 is 34.6 Å². The molecule has 6 heteroatoms. The SMILES string of the molecule is C/C(=N\NC(N)=S)c1ccsn1. The maximum atomic E-state index is 5.19. The zero-order chi connectivity index (χ0) is 8.97. The zero-order valence-corrected chi connectivity index (χ0v) is 8.08. The van der Waals surface area contributed by atoms with Crippen LogP contribution in [-0.4, -0.2) is 15.2 Å². The summed E-state index contributed by atoms with van der Waals surface area (Å²) in [6, 6.07) is 1.88. The largest absolute Gasteiger partial charge is 0.375 e. The van der Waals surface area contributed by atoms with Gasteiger partial charge in [-0.25, -0.2) is 0 Å². The summed E-state index contributed by atoms with van der Waals surface area (Å²) in [7, 11) is 0. The lowest BCUT2D eigenvalue weighted by Gasteiger charge is -1.96. The van der Waals surface area contributed by atoms with Crippen molar-refractivity contribution in [1.29, 1.82) is 0 Å². The molecule has 0 aliphatic rings. The molecule has 0 unspecified atom stereocenters. The number of hydrogen-bond donors (Lipinski definition) is 2. The van der Waals surface area contributed by atoms with Gasteiger partial charge in [0.25, 0.3) is 0 Å². The molecule has 0 radical (unpaired) electrons. The lowest BCUT2D eigenvalue weighted by Crippen LogP contribution is -2.25. The van der Waals surface area contributed by atoms with Crippen LogP contribution in [0.2, 0.25) is 0 Å². The van der Waals surface area contributed by atoms with Crippen LogP contribution in [0.3, 0.4) is 0 Å². The van der Waals surface area contributed by atoms with E-state index in [1.165, 1.54) is 11.5 Å². The van der Waals surface area contributed by atoms with Crippen LogP contribution in [0.1, 0.15) is 12.6 Å². The van der Waals surface area contributed by atoms with E-state index in [4.69, 9.17) is 5.73 Å². The molecule has 0 saturated carbocycles. The van der Waals surface area contributed by atoms with E-state index in [-0.39, 0.29) is 5.11 Å². The maximum absolute atomic E-state index is 5.19. The molecule has 1 aromatic rings. The van der Waals surface area contributed by atoms with Gasteiger partial charge in [0.2, 0.25) is 0 Å². The van der Waals surface area contributed by atoms with Crippen molar-refractivity contribution in [2.24, 2.45) is 10.8 Å². The molecule has 64 valence electrons. The topological polar surface area (TPSA) is 63.3 Å². The summed E-state index contributed by atoms with van der Waals surface area (Å²) in [5.74, 6) is 0. The number of aromatic nitrogens is 1. The van der Waals surface area contributed by atoms with Gasteiger partial charge < -0.3 is 5.73 Å². The van der Waals surface area contributed by atoms with E-state index in [0.717, 1.165) is 11.4 Å². The van der Waals surface area contributed by atoms with Crippen molar-refractivity contribution in [3.05, 3.63) is 17.1 Å². The summed E-state index contributed by atoms with van der Waals surface area (Å²) in [5.41, 5.74) is 9.29. The van der Waals surface area contributed by atoms with Crippen LogP contribution in [0.4, 0.5) is 0 Å². The van der Waals surface area contributed by atoms with Gasteiger partial charge in [-0.1, -0.05) is 0 Å². The van der Waals surface area contributed by atoms with E-state index < -0.39 is 0 Å². The minimum atomic E-state index is 0.157. The number of hydrogen-bond acceptors (Lipinski definition) is 4. The van der Waals surface area contributed by atoms with Crippen LogP contribution >= 0.6 is 23.8 Å². The number of nitrogens with zero attached hydrogens (tertiary/aromatic N) is 2. The molecule has 4 nitrogen and oxygen atoms in total. The standard InChI is InChI=1S/C6H8N4S2/c1-4(8-9-6(7)11)5-2-3-12-10-5/h2-3H,1H3,(H3,7,9,11)/b8-4+. The first-order chi connectivity index (χ1) is 5.70. The first-order valence-electron chi connectivity index (χ1n) is 3.20. The highest BCUT2D eigenvalue weighted by molar-refractivity contribution is 7.80. The summed E-state index contributed by atoms with van der Waals surface area (Å²) >= 11 is 5.96. The zero-order valence-electron chi connectivity index (χ0n) is 6.44. The Kier molecular flexibility index (Phi) is 3.12.